The van der Waals surface area contributed by atoms with Crippen LogP contribution in [0.1, 0.15) is 25.7 Å². The summed E-state index contributed by atoms with van der Waals surface area (Å²) in [5.74, 6) is -0.815. The van der Waals surface area contributed by atoms with Crippen LogP contribution in [0.2, 0.25) is 0 Å². The number of aliphatic carboxylic acids is 1. The summed E-state index contributed by atoms with van der Waals surface area (Å²) in [6, 6.07) is 0.162. The van der Waals surface area contributed by atoms with E-state index in [2.05, 4.69) is 5.32 Å². The van der Waals surface area contributed by atoms with Gasteiger partial charge in [-0.2, -0.15) is 0 Å². The minimum absolute atomic E-state index is 0.0334. The van der Waals surface area contributed by atoms with Crippen molar-refractivity contribution in [1.29, 1.82) is 0 Å². The smallest absolute Gasteiger partial charge is 0.317 e. The molecule has 7 heteroatoms. The zero-order valence-electron chi connectivity index (χ0n) is 12.6. The number of carboxylic acids is 1. The predicted octanol–water partition coefficient (Wildman–Crippen LogP) is 0.356. The van der Waals surface area contributed by atoms with Crippen molar-refractivity contribution in [2.45, 2.75) is 37.8 Å². The van der Waals surface area contributed by atoms with Crippen LogP contribution in [0, 0.1) is 0 Å². The van der Waals surface area contributed by atoms with Gasteiger partial charge in [-0.05, 0) is 25.7 Å². The van der Waals surface area contributed by atoms with Crippen molar-refractivity contribution < 1.29 is 19.4 Å². The molecule has 2 fully saturated rings. The summed E-state index contributed by atoms with van der Waals surface area (Å²) < 4.78 is 5.31. The molecule has 0 bridgehead atoms. The first-order valence-corrected chi connectivity index (χ1v) is 7.61. The van der Waals surface area contributed by atoms with Crippen molar-refractivity contribution >= 4 is 12.0 Å². The quantitative estimate of drug-likeness (QED) is 0.783. The molecule has 2 amide bonds. The van der Waals surface area contributed by atoms with Crippen LogP contribution in [0.25, 0.3) is 0 Å². The molecule has 1 saturated carbocycles. The summed E-state index contributed by atoms with van der Waals surface area (Å²) in [7, 11) is 1.71. The van der Waals surface area contributed by atoms with Crippen LogP contribution in [-0.2, 0) is 9.53 Å². The Morgan fingerprint density at radius 3 is 2.71 bits per heavy atom. The summed E-state index contributed by atoms with van der Waals surface area (Å²) in [5, 5.41) is 11.9. The second kappa shape index (κ2) is 7.61. The highest BCUT2D eigenvalue weighted by Gasteiger charge is 2.28. The summed E-state index contributed by atoms with van der Waals surface area (Å²) in [6.07, 6.45) is 3.90. The van der Waals surface area contributed by atoms with Crippen molar-refractivity contribution in [2.24, 2.45) is 0 Å². The van der Waals surface area contributed by atoms with Crippen molar-refractivity contribution in [2.75, 3.05) is 39.8 Å². The van der Waals surface area contributed by atoms with Crippen molar-refractivity contribution in [1.82, 2.24) is 15.1 Å². The number of carboxylic acid groups (broad SMARTS) is 1. The van der Waals surface area contributed by atoms with Crippen molar-refractivity contribution in [3.05, 3.63) is 0 Å². The van der Waals surface area contributed by atoms with Gasteiger partial charge >= 0.3 is 12.0 Å². The molecule has 0 aromatic heterocycles. The maximum atomic E-state index is 12.3. The van der Waals surface area contributed by atoms with E-state index in [1.165, 1.54) is 0 Å². The number of nitrogens with one attached hydrogen (secondary N) is 1. The lowest BCUT2D eigenvalue weighted by atomic mass is 10.2. The van der Waals surface area contributed by atoms with Crippen molar-refractivity contribution in [3.63, 3.8) is 0 Å². The van der Waals surface area contributed by atoms with Gasteiger partial charge < -0.3 is 20.1 Å². The van der Waals surface area contributed by atoms with E-state index < -0.39 is 5.97 Å². The van der Waals surface area contributed by atoms with E-state index in [9.17, 15) is 9.59 Å². The number of rotatable bonds is 4. The van der Waals surface area contributed by atoms with Gasteiger partial charge in [0.25, 0.3) is 0 Å². The normalized spacial score (nSPS) is 27.4. The van der Waals surface area contributed by atoms with E-state index in [1.54, 1.807) is 12.0 Å². The van der Waals surface area contributed by atoms with Crippen LogP contribution < -0.4 is 5.32 Å². The Morgan fingerprint density at radius 2 is 2.05 bits per heavy atom. The zero-order valence-corrected chi connectivity index (χ0v) is 12.6. The fourth-order valence-electron chi connectivity index (χ4n) is 3.07. The number of nitrogens with zero attached hydrogens (tertiary/aromatic N) is 2. The van der Waals surface area contributed by atoms with E-state index in [-0.39, 0.29) is 24.7 Å². The number of urea groups is 1. The Bertz CT molecular complexity index is 377. The van der Waals surface area contributed by atoms with Gasteiger partial charge in [0.05, 0.1) is 12.6 Å². The SMILES string of the molecule is COC1CCC(NC(=O)N2CCCN(CC(=O)O)CC2)C1. The molecule has 1 aliphatic heterocycles. The molecule has 7 nitrogen and oxygen atoms in total. The number of ether oxygens (including phenoxy) is 1. The highest BCUT2D eigenvalue weighted by molar-refractivity contribution is 5.74. The molecule has 2 rings (SSSR count). The number of hydrogen-bond donors (Lipinski definition) is 2. The Hall–Kier alpha value is -1.34. The lowest BCUT2D eigenvalue weighted by Crippen LogP contribution is -2.45. The summed E-state index contributed by atoms with van der Waals surface area (Å²) >= 11 is 0. The van der Waals surface area contributed by atoms with E-state index in [1.807, 2.05) is 4.90 Å². The Kier molecular flexibility index (Phi) is 5.81. The zero-order chi connectivity index (χ0) is 15.2. The van der Waals surface area contributed by atoms with Crippen LogP contribution in [-0.4, -0.2) is 78.9 Å². The average Bonchev–Trinajstić information content (AvgIpc) is 2.76. The third-order valence-electron chi connectivity index (χ3n) is 4.28. The first kappa shape index (κ1) is 16.0. The van der Waals surface area contributed by atoms with Crippen LogP contribution in [0.5, 0.6) is 0 Å². The maximum Gasteiger partial charge on any atom is 0.317 e. The van der Waals surface area contributed by atoms with Crippen molar-refractivity contribution in [3.8, 4) is 0 Å². The lowest BCUT2D eigenvalue weighted by molar-refractivity contribution is -0.138. The Labute approximate surface area is 125 Å². The molecule has 2 N–H and O–H groups in total. The van der Waals surface area contributed by atoms with Gasteiger partial charge in [0, 0.05) is 39.3 Å². The molecule has 0 radical (unpaired) electrons. The molecule has 1 saturated heterocycles. The van der Waals surface area contributed by atoms with Gasteiger partial charge in [-0.25, -0.2) is 4.79 Å². The van der Waals surface area contributed by atoms with Crippen LogP contribution in [0.4, 0.5) is 4.79 Å². The van der Waals surface area contributed by atoms with Gasteiger partial charge in [0.15, 0.2) is 0 Å². The molecule has 0 aromatic carbocycles. The molecule has 1 heterocycles. The van der Waals surface area contributed by atoms with Gasteiger partial charge in [-0.1, -0.05) is 0 Å². The third-order valence-corrected chi connectivity index (χ3v) is 4.28. The fourth-order valence-corrected chi connectivity index (χ4v) is 3.07. The van der Waals surface area contributed by atoms with Crippen LogP contribution in [0.15, 0.2) is 0 Å². The first-order valence-electron chi connectivity index (χ1n) is 7.61. The lowest BCUT2D eigenvalue weighted by Gasteiger charge is -2.24. The molecular formula is C14H25N3O4. The summed E-state index contributed by atoms with van der Waals surface area (Å²) in [4.78, 5) is 26.7. The number of carbonyl (C=O) groups is 2. The first-order chi connectivity index (χ1) is 10.1. The minimum atomic E-state index is -0.815. The highest BCUT2D eigenvalue weighted by Crippen LogP contribution is 2.21. The maximum absolute atomic E-state index is 12.3. The summed E-state index contributed by atoms with van der Waals surface area (Å²) in [5.41, 5.74) is 0. The molecule has 21 heavy (non-hydrogen) atoms. The monoisotopic (exact) mass is 299 g/mol. The molecule has 0 spiro atoms. The predicted molar refractivity (Wildman–Crippen MR) is 77.2 cm³/mol. The molecular weight excluding hydrogens is 274 g/mol. The highest BCUT2D eigenvalue weighted by atomic mass is 16.5. The molecule has 0 aromatic rings. The Balaban J connectivity index is 1.76. The minimum Gasteiger partial charge on any atom is -0.480 e. The molecule has 120 valence electrons. The number of amides is 2. The Morgan fingerprint density at radius 1 is 1.24 bits per heavy atom. The fraction of sp³-hybridized carbons (Fsp3) is 0.857. The largest absolute Gasteiger partial charge is 0.480 e. The van der Waals surface area contributed by atoms with Gasteiger partial charge in [0.1, 0.15) is 0 Å². The molecule has 2 unspecified atom stereocenters. The second-order valence-corrected chi connectivity index (χ2v) is 5.83. The van der Waals surface area contributed by atoms with E-state index >= 15 is 0 Å². The molecule has 2 aliphatic rings. The number of methoxy groups -OCH3 is 1. The second-order valence-electron chi connectivity index (χ2n) is 5.83. The topological polar surface area (TPSA) is 82.1 Å². The number of carbonyl (C=O) groups excluding carboxylic acids is 1. The average molecular weight is 299 g/mol. The van der Waals surface area contributed by atoms with E-state index in [0.717, 1.165) is 32.2 Å². The summed E-state index contributed by atoms with van der Waals surface area (Å²) in [6.45, 7) is 2.66. The van der Waals surface area contributed by atoms with Gasteiger partial charge in [0.2, 0.25) is 0 Å². The molecule has 1 aliphatic carbocycles. The van der Waals surface area contributed by atoms with Crippen LogP contribution in [0.3, 0.4) is 0 Å². The standard InChI is InChI=1S/C14H25N3O4/c1-21-12-4-3-11(9-12)15-14(20)17-6-2-5-16(7-8-17)10-13(18)19/h11-12H,2-10H2,1H3,(H,15,20)(H,18,19). The van der Waals surface area contributed by atoms with Crippen LogP contribution >= 0.6 is 0 Å². The van der Waals surface area contributed by atoms with Gasteiger partial charge in [-0.3, -0.25) is 9.69 Å². The van der Waals surface area contributed by atoms with E-state index in [0.29, 0.717) is 19.6 Å². The van der Waals surface area contributed by atoms with E-state index in [4.69, 9.17) is 9.84 Å². The van der Waals surface area contributed by atoms with Gasteiger partial charge in [-0.15, -0.1) is 0 Å². The number of hydrogen-bond acceptors (Lipinski definition) is 4. The molecule has 2 atom stereocenters. The third kappa shape index (κ3) is 4.86.